The molecule has 0 unspecified atom stereocenters. The maximum Gasteiger partial charge on any atom is 0.119 e. The van der Waals surface area contributed by atoms with Crippen molar-refractivity contribution in [2.75, 3.05) is 14.2 Å². The summed E-state index contributed by atoms with van der Waals surface area (Å²) >= 11 is 0. The molecule has 0 N–H and O–H groups in total. The van der Waals surface area contributed by atoms with Gasteiger partial charge < -0.3 is 9.47 Å². The van der Waals surface area contributed by atoms with Gasteiger partial charge in [0.15, 0.2) is 0 Å². The lowest BCUT2D eigenvalue weighted by molar-refractivity contribution is 0.414. The molecule has 2 nitrogen and oxygen atoms in total. The predicted molar refractivity (Wildman–Crippen MR) is 88.8 cm³/mol. The molecule has 0 saturated carbocycles. The largest absolute Gasteiger partial charge is 0.497 e. The third-order valence-electron chi connectivity index (χ3n) is 3.14. The van der Waals surface area contributed by atoms with E-state index in [1.165, 1.54) is 21.7 Å². The van der Waals surface area contributed by atoms with E-state index in [-0.39, 0.29) is 8.41 Å². The minimum absolute atomic E-state index is 0. The zero-order chi connectivity index (χ0) is 13.8. The lowest BCUT2D eigenvalue weighted by Crippen LogP contribution is -2.09. The van der Waals surface area contributed by atoms with Gasteiger partial charge in [0.1, 0.15) is 11.5 Å². The zero-order valence-electron chi connectivity index (χ0n) is 12.4. The number of hydrogen-bond acceptors (Lipinski definition) is 2. The van der Waals surface area contributed by atoms with Gasteiger partial charge in [0.25, 0.3) is 0 Å². The molecule has 0 atom stereocenters. The molecule has 0 aliphatic rings. The molecule has 103 valence electrons. The van der Waals surface area contributed by atoms with Crippen LogP contribution in [0.4, 0.5) is 0 Å². The van der Waals surface area contributed by atoms with Crippen LogP contribution < -0.4 is 20.1 Å². The van der Waals surface area contributed by atoms with Crippen molar-refractivity contribution in [3.05, 3.63) is 47.5 Å². The van der Waals surface area contributed by atoms with E-state index in [4.69, 9.17) is 9.47 Å². The highest BCUT2D eigenvalue weighted by atomic mass is 31.1. The summed E-state index contributed by atoms with van der Waals surface area (Å²) in [5, 5.41) is 2.71. The topological polar surface area (TPSA) is 18.5 Å². The highest BCUT2D eigenvalue weighted by Gasteiger charge is 2.05. The van der Waals surface area contributed by atoms with Gasteiger partial charge >= 0.3 is 0 Å². The number of benzene rings is 2. The summed E-state index contributed by atoms with van der Waals surface area (Å²) in [4.78, 5) is 0. The molecule has 2 rings (SSSR count). The molecule has 3 radical (unpaired) electrons. The Labute approximate surface area is 124 Å². The van der Waals surface area contributed by atoms with Crippen LogP contribution in [0.15, 0.2) is 36.4 Å². The van der Waals surface area contributed by atoms with Crippen molar-refractivity contribution in [2.45, 2.75) is 13.8 Å². The maximum absolute atomic E-state index is 5.24. The van der Waals surface area contributed by atoms with Crippen LogP contribution in [0, 0.1) is 13.8 Å². The molecule has 0 aliphatic carbocycles. The fourth-order valence-corrected chi connectivity index (χ4v) is 3.11. The van der Waals surface area contributed by atoms with Crippen LogP contribution >= 0.6 is 8.58 Å². The molecule has 4 heteroatoms. The Balaban J connectivity index is 0.00000200. The molecule has 2 aromatic rings. The van der Waals surface area contributed by atoms with Crippen LogP contribution in [-0.2, 0) is 0 Å². The average molecular weight is 285 g/mol. The Morgan fingerprint density at radius 2 is 1.15 bits per heavy atom. The Hall–Kier alpha value is -1.47. The van der Waals surface area contributed by atoms with E-state index < -0.39 is 0 Å². The van der Waals surface area contributed by atoms with Crippen LogP contribution in [0.3, 0.4) is 0 Å². The van der Waals surface area contributed by atoms with Crippen molar-refractivity contribution in [1.29, 1.82) is 0 Å². The van der Waals surface area contributed by atoms with Crippen molar-refractivity contribution in [1.82, 2.24) is 0 Å². The summed E-state index contributed by atoms with van der Waals surface area (Å²) in [5.74, 6) is 1.83. The number of aryl methyl sites for hydroxylation is 2. The molecule has 0 saturated heterocycles. The molecular weight excluding hydrogens is 266 g/mol. The van der Waals surface area contributed by atoms with Gasteiger partial charge in [0, 0.05) is 8.41 Å². The fourth-order valence-electron chi connectivity index (χ4n) is 1.95. The van der Waals surface area contributed by atoms with Crippen LogP contribution in [0.5, 0.6) is 11.5 Å². The van der Waals surface area contributed by atoms with Gasteiger partial charge in [-0.25, -0.2) is 0 Å². The van der Waals surface area contributed by atoms with Gasteiger partial charge in [0.05, 0.1) is 14.2 Å². The number of rotatable bonds is 4. The first-order valence-electron chi connectivity index (χ1n) is 6.20. The molecule has 0 aromatic heterocycles. The first-order valence-corrected chi connectivity index (χ1v) is 7.20. The van der Waals surface area contributed by atoms with Crippen molar-refractivity contribution in [2.24, 2.45) is 0 Å². The molecule has 20 heavy (non-hydrogen) atoms. The number of methoxy groups -OCH3 is 2. The minimum atomic E-state index is 0. The molecule has 0 aliphatic heterocycles. The van der Waals surface area contributed by atoms with Gasteiger partial charge in [-0.05, 0) is 59.8 Å². The Morgan fingerprint density at radius 1 is 0.750 bits per heavy atom. The normalized spacial score (nSPS) is 9.80. The third-order valence-corrected chi connectivity index (χ3v) is 4.80. The van der Waals surface area contributed by atoms with Crippen LogP contribution in [0.25, 0.3) is 0 Å². The molecule has 2 aromatic carbocycles. The summed E-state index contributed by atoms with van der Waals surface area (Å²) < 4.78 is 10.5. The number of hydrogen-bond donors (Lipinski definition) is 0. The van der Waals surface area contributed by atoms with Gasteiger partial charge in [-0.1, -0.05) is 20.7 Å². The maximum atomic E-state index is 5.24. The average Bonchev–Trinajstić information content (AvgIpc) is 2.42. The quantitative estimate of drug-likeness (QED) is 0.635. The van der Waals surface area contributed by atoms with Crippen molar-refractivity contribution >= 4 is 27.6 Å². The van der Waals surface area contributed by atoms with E-state index in [2.05, 4.69) is 38.1 Å². The number of ether oxygens (including phenoxy) is 2. The summed E-state index contributed by atoms with van der Waals surface area (Å²) in [6.45, 7) is 4.26. The molecule has 0 amide bonds. The van der Waals surface area contributed by atoms with E-state index in [0.717, 1.165) is 11.5 Å². The molecule has 0 bridgehead atoms. The van der Waals surface area contributed by atoms with E-state index in [0.29, 0.717) is 8.58 Å². The van der Waals surface area contributed by atoms with Gasteiger partial charge in [0.2, 0.25) is 0 Å². The summed E-state index contributed by atoms with van der Waals surface area (Å²) in [7, 11) is 4.06. The SMILES string of the molecule is COc1ccc(Pc2ccc(OC)cc2C)c(C)c1.[B]. The minimum Gasteiger partial charge on any atom is -0.497 e. The summed E-state index contributed by atoms with van der Waals surface area (Å²) in [6.07, 6.45) is 0. The Bertz CT molecular complexity index is 533. The van der Waals surface area contributed by atoms with Crippen LogP contribution in [0.1, 0.15) is 11.1 Å². The van der Waals surface area contributed by atoms with E-state index in [9.17, 15) is 0 Å². The third kappa shape index (κ3) is 3.77. The second-order valence-electron chi connectivity index (χ2n) is 4.49. The van der Waals surface area contributed by atoms with E-state index >= 15 is 0 Å². The standard InChI is InChI=1S/C16H19O2P.B/c1-11-9-13(17-3)5-7-15(11)19-16-8-6-14(18-4)10-12(16)2;/h5-10,19H,1-4H3;. The van der Waals surface area contributed by atoms with Crippen molar-refractivity contribution in [3.63, 3.8) is 0 Å². The van der Waals surface area contributed by atoms with Crippen LogP contribution in [-0.4, -0.2) is 22.6 Å². The van der Waals surface area contributed by atoms with E-state index in [1.54, 1.807) is 14.2 Å². The fraction of sp³-hybridized carbons (Fsp3) is 0.250. The van der Waals surface area contributed by atoms with Crippen LogP contribution in [0.2, 0.25) is 0 Å². The summed E-state index contributed by atoms with van der Waals surface area (Å²) in [5.41, 5.74) is 2.54. The second kappa shape index (κ2) is 7.35. The van der Waals surface area contributed by atoms with E-state index in [1.807, 2.05) is 12.1 Å². The monoisotopic (exact) mass is 285 g/mol. The predicted octanol–water partition coefficient (Wildman–Crippen LogP) is 2.57. The molecule has 0 spiro atoms. The van der Waals surface area contributed by atoms with Gasteiger partial charge in [-0.2, -0.15) is 0 Å². The smallest absolute Gasteiger partial charge is 0.119 e. The zero-order valence-corrected chi connectivity index (χ0v) is 13.4. The van der Waals surface area contributed by atoms with Gasteiger partial charge in [-0.3, -0.25) is 0 Å². The van der Waals surface area contributed by atoms with Gasteiger partial charge in [-0.15, -0.1) is 0 Å². The highest BCUT2D eigenvalue weighted by molar-refractivity contribution is 7.55. The molecular formula is C16H19BO2P. The lowest BCUT2D eigenvalue weighted by atomic mass is 10.2. The Morgan fingerprint density at radius 3 is 1.45 bits per heavy atom. The molecule has 0 heterocycles. The molecule has 0 fully saturated rings. The van der Waals surface area contributed by atoms with Crippen molar-refractivity contribution < 1.29 is 9.47 Å². The Kier molecular flexibility index (Phi) is 6.10. The first kappa shape index (κ1) is 16.6. The summed E-state index contributed by atoms with van der Waals surface area (Å²) in [6, 6.07) is 12.5. The first-order chi connectivity index (χ1) is 9.13. The second-order valence-corrected chi connectivity index (χ2v) is 5.81. The lowest BCUT2D eigenvalue weighted by Gasteiger charge is -2.11. The highest BCUT2D eigenvalue weighted by Crippen LogP contribution is 2.21. The van der Waals surface area contributed by atoms with Crippen molar-refractivity contribution in [3.8, 4) is 11.5 Å².